The van der Waals surface area contributed by atoms with Gasteiger partial charge < -0.3 is 4.74 Å². The van der Waals surface area contributed by atoms with Crippen LogP contribution in [0.4, 0.5) is 10.1 Å². The third kappa shape index (κ3) is 4.73. The van der Waals surface area contributed by atoms with Gasteiger partial charge in [0.15, 0.2) is 0 Å². The second-order valence-corrected chi connectivity index (χ2v) is 6.20. The number of aryl methyl sites for hydroxylation is 1. The predicted molar refractivity (Wildman–Crippen MR) is 74.1 cm³/mol. The Bertz CT molecular complexity index is 618. The van der Waals surface area contributed by atoms with E-state index in [1.54, 1.807) is 7.11 Å². The normalized spacial score (nSPS) is 11.6. The van der Waals surface area contributed by atoms with Crippen LogP contribution in [0.3, 0.4) is 0 Å². The lowest BCUT2D eigenvalue weighted by Crippen LogP contribution is -2.25. The number of rotatable bonds is 8. The molecule has 1 N–H and O–H groups in total. The standard InChI is InChI=1S/C12H17FN2O5S/c1-9-7-10(8-11(12(9)13)15(16)17)21(18,19)14-5-3-4-6-20-2/h7-8,14H,3-6H2,1-2H3. The Morgan fingerprint density at radius 1 is 1.38 bits per heavy atom. The molecule has 1 rings (SSSR count). The van der Waals surface area contributed by atoms with E-state index in [4.69, 9.17) is 4.74 Å². The van der Waals surface area contributed by atoms with Gasteiger partial charge in [-0.3, -0.25) is 10.1 Å². The number of sulfonamides is 1. The number of nitrogens with zero attached hydrogens (tertiary/aromatic N) is 1. The van der Waals surface area contributed by atoms with Gasteiger partial charge in [0.2, 0.25) is 15.8 Å². The van der Waals surface area contributed by atoms with E-state index >= 15 is 0 Å². The van der Waals surface area contributed by atoms with Gasteiger partial charge in [-0.05, 0) is 31.4 Å². The summed E-state index contributed by atoms with van der Waals surface area (Å²) in [7, 11) is -2.36. The van der Waals surface area contributed by atoms with Crippen LogP contribution in [0.2, 0.25) is 0 Å². The second-order valence-electron chi connectivity index (χ2n) is 4.43. The Labute approximate surface area is 122 Å². The summed E-state index contributed by atoms with van der Waals surface area (Å²) in [6, 6.07) is 1.79. The Morgan fingerprint density at radius 2 is 2.05 bits per heavy atom. The molecule has 21 heavy (non-hydrogen) atoms. The summed E-state index contributed by atoms with van der Waals surface area (Å²) in [5.41, 5.74) is -0.946. The molecule has 0 aromatic heterocycles. The van der Waals surface area contributed by atoms with Crippen LogP contribution >= 0.6 is 0 Å². The van der Waals surface area contributed by atoms with E-state index in [1.165, 1.54) is 6.92 Å². The van der Waals surface area contributed by atoms with Gasteiger partial charge in [0.25, 0.3) is 0 Å². The highest BCUT2D eigenvalue weighted by atomic mass is 32.2. The van der Waals surface area contributed by atoms with Crippen molar-refractivity contribution >= 4 is 15.7 Å². The summed E-state index contributed by atoms with van der Waals surface area (Å²) in [5.74, 6) is -1.03. The number of ether oxygens (including phenoxy) is 1. The Morgan fingerprint density at radius 3 is 2.62 bits per heavy atom. The minimum absolute atomic E-state index is 0.0936. The van der Waals surface area contributed by atoms with Crippen LogP contribution in [0, 0.1) is 22.9 Å². The van der Waals surface area contributed by atoms with E-state index in [9.17, 15) is 22.9 Å². The smallest absolute Gasteiger partial charge is 0.306 e. The highest BCUT2D eigenvalue weighted by Gasteiger charge is 2.23. The van der Waals surface area contributed by atoms with Gasteiger partial charge in [-0.15, -0.1) is 0 Å². The average molecular weight is 320 g/mol. The van der Waals surface area contributed by atoms with Gasteiger partial charge in [0.05, 0.1) is 9.82 Å². The summed E-state index contributed by atoms with van der Waals surface area (Å²) in [4.78, 5) is 9.46. The Hall–Kier alpha value is -1.58. The topological polar surface area (TPSA) is 98.5 Å². The third-order valence-electron chi connectivity index (χ3n) is 2.78. The molecule has 1 aromatic rings. The molecule has 118 valence electrons. The molecule has 0 fully saturated rings. The van der Waals surface area contributed by atoms with E-state index in [-0.39, 0.29) is 17.0 Å². The molecule has 0 aliphatic carbocycles. The first-order valence-electron chi connectivity index (χ1n) is 6.22. The van der Waals surface area contributed by atoms with Crippen molar-refractivity contribution in [1.82, 2.24) is 4.72 Å². The van der Waals surface area contributed by atoms with Crippen LogP contribution < -0.4 is 4.72 Å². The summed E-state index contributed by atoms with van der Waals surface area (Å²) in [6.07, 6.45) is 1.25. The first-order chi connectivity index (χ1) is 9.79. The molecule has 0 atom stereocenters. The van der Waals surface area contributed by atoms with Crippen molar-refractivity contribution in [1.29, 1.82) is 0 Å². The zero-order valence-corrected chi connectivity index (χ0v) is 12.6. The molecule has 0 saturated carbocycles. The molecule has 7 nitrogen and oxygen atoms in total. The van der Waals surface area contributed by atoms with Crippen molar-refractivity contribution in [2.45, 2.75) is 24.7 Å². The van der Waals surface area contributed by atoms with E-state index in [0.717, 1.165) is 12.1 Å². The van der Waals surface area contributed by atoms with Crippen LogP contribution in [0.5, 0.6) is 0 Å². The summed E-state index contributed by atoms with van der Waals surface area (Å²) < 4.78 is 44.7. The molecule has 9 heteroatoms. The monoisotopic (exact) mass is 320 g/mol. The molecule has 0 amide bonds. The maximum absolute atomic E-state index is 13.5. The molecule has 0 unspecified atom stereocenters. The quantitative estimate of drug-likeness (QED) is 0.447. The first kappa shape index (κ1) is 17.5. The number of hydrogen-bond donors (Lipinski definition) is 1. The van der Waals surface area contributed by atoms with E-state index in [2.05, 4.69) is 4.72 Å². The van der Waals surface area contributed by atoms with Gasteiger partial charge in [-0.2, -0.15) is 4.39 Å². The number of hydrogen-bond acceptors (Lipinski definition) is 5. The number of methoxy groups -OCH3 is 1. The lowest BCUT2D eigenvalue weighted by atomic mass is 10.2. The van der Waals surface area contributed by atoms with Crippen molar-refractivity contribution in [3.05, 3.63) is 33.6 Å². The minimum atomic E-state index is -3.90. The molecular weight excluding hydrogens is 303 g/mol. The van der Waals surface area contributed by atoms with Crippen molar-refractivity contribution in [2.75, 3.05) is 20.3 Å². The zero-order valence-electron chi connectivity index (χ0n) is 11.8. The third-order valence-corrected chi connectivity index (χ3v) is 4.22. The van der Waals surface area contributed by atoms with Gasteiger partial charge >= 0.3 is 5.69 Å². The number of benzene rings is 1. The predicted octanol–water partition coefficient (Wildman–Crippen LogP) is 1.75. The largest absolute Gasteiger partial charge is 0.385 e. The molecule has 0 aliphatic rings. The lowest BCUT2D eigenvalue weighted by Gasteiger charge is -2.08. The van der Waals surface area contributed by atoms with Gasteiger partial charge in [0.1, 0.15) is 0 Å². The van der Waals surface area contributed by atoms with Crippen molar-refractivity contribution in [3.8, 4) is 0 Å². The first-order valence-corrected chi connectivity index (χ1v) is 7.71. The fourth-order valence-electron chi connectivity index (χ4n) is 1.67. The molecule has 0 saturated heterocycles. The molecule has 0 radical (unpaired) electrons. The van der Waals surface area contributed by atoms with Crippen LogP contribution in [0.25, 0.3) is 0 Å². The second kappa shape index (κ2) is 7.43. The Balaban J connectivity index is 2.91. The van der Waals surface area contributed by atoms with E-state index in [0.29, 0.717) is 19.4 Å². The number of unbranched alkanes of at least 4 members (excludes halogenated alkanes) is 1. The minimum Gasteiger partial charge on any atom is -0.385 e. The SMILES string of the molecule is COCCCCNS(=O)(=O)c1cc(C)c(F)c([N+](=O)[O-])c1. The highest BCUT2D eigenvalue weighted by Crippen LogP contribution is 2.24. The maximum atomic E-state index is 13.5. The molecular formula is C12H17FN2O5S. The number of halogens is 1. The van der Waals surface area contributed by atoms with Gasteiger partial charge in [0, 0.05) is 26.3 Å². The summed E-state index contributed by atoms with van der Waals surface area (Å²) in [6.45, 7) is 1.97. The van der Waals surface area contributed by atoms with Gasteiger partial charge in [-0.25, -0.2) is 13.1 Å². The Kier molecular flexibility index (Phi) is 6.19. The van der Waals surface area contributed by atoms with Crippen LogP contribution in [-0.4, -0.2) is 33.6 Å². The molecule has 0 aliphatic heterocycles. The van der Waals surface area contributed by atoms with Crippen molar-refractivity contribution in [2.24, 2.45) is 0 Å². The van der Waals surface area contributed by atoms with Crippen LogP contribution in [0.1, 0.15) is 18.4 Å². The fraction of sp³-hybridized carbons (Fsp3) is 0.500. The van der Waals surface area contributed by atoms with Crippen molar-refractivity contribution in [3.63, 3.8) is 0 Å². The average Bonchev–Trinajstić information content (AvgIpc) is 2.40. The zero-order chi connectivity index (χ0) is 16.0. The van der Waals surface area contributed by atoms with Crippen LogP contribution in [0.15, 0.2) is 17.0 Å². The van der Waals surface area contributed by atoms with E-state index in [1.807, 2.05) is 0 Å². The van der Waals surface area contributed by atoms with Gasteiger partial charge in [-0.1, -0.05) is 0 Å². The van der Waals surface area contributed by atoms with E-state index < -0.39 is 26.5 Å². The number of nitro groups is 1. The summed E-state index contributed by atoms with van der Waals surface area (Å²) >= 11 is 0. The lowest BCUT2D eigenvalue weighted by molar-refractivity contribution is -0.387. The van der Waals surface area contributed by atoms with Crippen molar-refractivity contribution < 1.29 is 22.5 Å². The molecule has 0 spiro atoms. The summed E-state index contributed by atoms with van der Waals surface area (Å²) in [5, 5.41) is 10.7. The molecule has 1 aromatic carbocycles. The number of nitrogens with one attached hydrogen (secondary N) is 1. The molecule has 0 heterocycles. The fourth-order valence-corrected chi connectivity index (χ4v) is 2.85. The maximum Gasteiger partial charge on any atom is 0.306 e. The highest BCUT2D eigenvalue weighted by molar-refractivity contribution is 7.89. The van der Waals surface area contributed by atoms with Crippen LogP contribution in [-0.2, 0) is 14.8 Å². The number of nitro benzene ring substituents is 1. The molecule has 0 bridgehead atoms.